The lowest BCUT2D eigenvalue weighted by molar-refractivity contribution is 0.349. The van der Waals surface area contributed by atoms with E-state index in [0.717, 1.165) is 29.3 Å². The van der Waals surface area contributed by atoms with Crippen molar-refractivity contribution in [3.8, 4) is 0 Å². The molecule has 1 aliphatic rings. The van der Waals surface area contributed by atoms with Gasteiger partial charge in [0.15, 0.2) is 0 Å². The van der Waals surface area contributed by atoms with Crippen molar-refractivity contribution >= 4 is 31.8 Å². The van der Waals surface area contributed by atoms with Crippen LogP contribution in [0.5, 0.6) is 0 Å². The minimum Gasteiger partial charge on any atom is -0.271 e. The molecular formula is C12H17BrN2O2S. The highest BCUT2D eigenvalue weighted by atomic mass is 79.9. The summed E-state index contributed by atoms with van der Waals surface area (Å²) in [5.41, 5.74) is 1.62. The highest BCUT2D eigenvalue weighted by molar-refractivity contribution is 9.10. The maximum atomic E-state index is 12.2. The summed E-state index contributed by atoms with van der Waals surface area (Å²) in [5.74, 6) is 0. The van der Waals surface area contributed by atoms with E-state index in [1.807, 2.05) is 19.1 Å². The Hall–Kier alpha value is -0.590. The molecule has 0 radical (unpaired) electrons. The molecule has 1 saturated heterocycles. The van der Waals surface area contributed by atoms with Gasteiger partial charge in [-0.2, -0.15) is 12.7 Å². The topological polar surface area (TPSA) is 49.4 Å². The zero-order valence-corrected chi connectivity index (χ0v) is 12.7. The average Bonchev–Trinajstić information content (AvgIpc) is 2.28. The first-order valence-corrected chi connectivity index (χ1v) is 8.26. The summed E-state index contributed by atoms with van der Waals surface area (Å²) in [7, 11) is -3.41. The van der Waals surface area contributed by atoms with Gasteiger partial charge in [-0.05, 0) is 43.5 Å². The van der Waals surface area contributed by atoms with Crippen LogP contribution in [0.3, 0.4) is 0 Å². The van der Waals surface area contributed by atoms with Crippen molar-refractivity contribution in [3.63, 3.8) is 0 Å². The van der Waals surface area contributed by atoms with Crippen molar-refractivity contribution in [1.29, 1.82) is 0 Å². The van der Waals surface area contributed by atoms with E-state index >= 15 is 0 Å². The van der Waals surface area contributed by atoms with Crippen molar-refractivity contribution in [3.05, 3.63) is 28.2 Å². The van der Waals surface area contributed by atoms with Gasteiger partial charge < -0.3 is 0 Å². The molecule has 0 atom stereocenters. The van der Waals surface area contributed by atoms with E-state index in [2.05, 4.69) is 20.7 Å². The maximum Gasteiger partial charge on any atom is 0.301 e. The van der Waals surface area contributed by atoms with Gasteiger partial charge in [0, 0.05) is 17.6 Å². The zero-order chi connectivity index (χ0) is 13.2. The number of nitrogens with one attached hydrogen (secondary N) is 1. The van der Waals surface area contributed by atoms with E-state index in [1.165, 1.54) is 4.31 Å². The lowest BCUT2D eigenvalue weighted by Gasteiger charge is -2.26. The molecular weight excluding hydrogens is 316 g/mol. The van der Waals surface area contributed by atoms with E-state index in [-0.39, 0.29) is 0 Å². The molecule has 1 fully saturated rings. The van der Waals surface area contributed by atoms with Crippen LogP contribution < -0.4 is 4.72 Å². The van der Waals surface area contributed by atoms with Crippen molar-refractivity contribution in [2.45, 2.75) is 26.2 Å². The number of halogens is 1. The fourth-order valence-corrected chi connectivity index (χ4v) is 4.01. The van der Waals surface area contributed by atoms with E-state index in [0.29, 0.717) is 18.8 Å². The van der Waals surface area contributed by atoms with Crippen molar-refractivity contribution in [2.24, 2.45) is 0 Å². The van der Waals surface area contributed by atoms with E-state index in [9.17, 15) is 8.42 Å². The van der Waals surface area contributed by atoms with Gasteiger partial charge in [0.05, 0.1) is 5.69 Å². The average molecular weight is 333 g/mol. The molecule has 0 bridgehead atoms. The highest BCUT2D eigenvalue weighted by Gasteiger charge is 2.23. The van der Waals surface area contributed by atoms with Crippen LogP contribution in [-0.2, 0) is 10.2 Å². The van der Waals surface area contributed by atoms with Crippen molar-refractivity contribution in [1.82, 2.24) is 4.31 Å². The molecule has 1 aromatic carbocycles. The first-order valence-electron chi connectivity index (χ1n) is 6.02. The fourth-order valence-electron chi connectivity index (χ4n) is 2.11. The van der Waals surface area contributed by atoms with Crippen LogP contribution in [0.4, 0.5) is 5.69 Å². The quantitative estimate of drug-likeness (QED) is 0.925. The number of hydrogen-bond acceptors (Lipinski definition) is 2. The van der Waals surface area contributed by atoms with Gasteiger partial charge in [0.25, 0.3) is 0 Å². The lowest BCUT2D eigenvalue weighted by Crippen LogP contribution is -2.39. The van der Waals surface area contributed by atoms with Gasteiger partial charge in [0.1, 0.15) is 0 Å². The van der Waals surface area contributed by atoms with E-state index in [4.69, 9.17) is 0 Å². The molecule has 0 aliphatic carbocycles. The number of rotatable bonds is 3. The molecule has 100 valence electrons. The number of nitrogens with zero attached hydrogens (tertiary/aromatic N) is 1. The molecule has 6 heteroatoms. The Bertz CT molecular complexity index is 505. The summed E-state index contributed by atoms with van der Waals surface area (Å²) in [4.78, 5) is 0. The molecule has 1 N–H and O–H groups in total. The number of benzene rings is 1. The van der Waals surface area contributed by atoms with Crippen LogP contribution in [-0.4, -0.2) is 25.8 Å². The summed E-state index contributed by atoms with van der Waals surface area (Å²) < 4.78 is 29.4. The SMILES string of the molecule is Cc1cc(Br)cc(NS(=O)(=O)N2CCCCC2)c1. The Morgan fingerprint density at radius 2 is 1.83 bits per heavy atom. The second-order valence-electron chi connectivity index (χ2n) is 4.58. The summed E-state index contributed by atoms with van der Waals surface area (Å²) in [6.07, 6.45) is 3.00. The van der Waals surface area contributed by atoms with Crippen LogP contribution >= 0.6 is 15.9 Å². The molecule has 4 nitrogen and oxygen atoms in total. The van der Waals surface area contributed by atoms with Crippen LogP contribution in [0.1, 0.15) is 24.8 Å². The maximum absolute atomic E-state index is 12.2. The zero-order valence-electron chi connectivity index (χ0n) is 10.3. The lowest BCUT2D eigenvalue weighted by atomic mass is 10.2. The van der Waals surface area contributed by atoms with Gasteiger partial charge in [-0.25, -0.2) is 0 Å². The predicted octanol–water partition coefficient (Wildman–Crippen LogP) is 2.90. The fraction of sp³-hybridized carbons (Fsp3) is 0.500. The third-order valence-corrected chi connectivity index (χ3v) is 4.94. The number of anilines is 1. The van der Waals surface area contributed by atoms with Crippen molar-refractivity contribution in [2.75, 3.05) is 17.8 Å². The Labute approximate surface area is 117 Å². The molecule has 0 saturated carbocycles. The van der Waals surface area contributed by atoms with Gasteiger partial charge in [-0.3, -0.25) is 4.72 Å². The molecule has 0 spiro atoms. The van der Waals surface area contributed by atoms with Crippen molar-refractivity contribution < 1.29 is 8.42 Å². The predicted molar refractivity (Wildman–Crippen MR) is 76.8 cm³/mol. The monoisotopic (exact) mass is 332 g/mol. The first-order chi connectivity index (χ1) is 8.47. The Morgan fingerprint density at radius 3 is 2.44 bits per heavy atom. The van der Waals surface area contributed by atoms with Crippen LogP contribution in [0.25, 0.3) is 0 Å². The third-order valence-electron chi connectivity index (χ3n) is 2.94. The number of hydrogen-bond donors (Lipinski definition) is 1. The summed E-state index contributed by atoms with van der Waals surface area (Å²) >= 11 is 3.37. The molecule has 0 unspecified atom stereocenters. The van der Waals surface area contributed by atoms with Gasteiger partial charge in [0.2, 0.25) is 0 Å². The minimum atomic E-state index is -3.41. The Morgan fingerprint density at radius 1 is 1.17 bits per heavy atom. The summed E-state index contributed by atoms with van der Waals surface area (Å²) in [6, 6.07) is 5.54. The largest absolute Gasteiger partial charge is 0.301 e. The summed E-state index contributed by atoms with van der Waals surface area (Å²) in [6.45, 7) is 3.16. The molecule has 0 amide bonds. The highest BCUT2D eigenvalue weighted by Crippen LogP contribution is 2.21. The van der Waals surface area contributed by atoms with Crippen LogP contribution in [0.15, 0.2) is 22.7 Å². The summed E-state index contributed by atoms with van der Waals surface area (Å²) in [5, 5.41) is 0. The third kappa shape index (κ3) is 3.46. The van der Waals surface area contributed by atoms with Gasteiger partial charge in [-0.15, -0.1) is 0 Å². The second-order valence-corrected chi connectivity index (χ2v) is 7.17. The Balaban J connectivity index is 2.16. The molecule has 1 aromatic rings. The standard InChI is InChI=1S/C12H17BrN2O2S/c1-10-7-11(13)9-12(8-10)14-18(16,17)15-5-3-2-4-6-15/h7-9,14H,2-6H2,1H3. The molecule has 1 heterocycles. The van der Waals surface area contributed by atoms with Gasteiger partial charge >= 0.3 is 10.2 Å². The minimum absolute atomic E-state index is 0.604. The number of aryl methyl sites for hydroxylation is 1. The molecule has 1 aliphatic heterocycles. The normalized spacial score (nSPS) is 17.7. The smallest absolute Gasteiger partial charge is 0.271 e. The number of piperidine rings is 1. The van der Waals surface area contributed by atoms with Crippen LogP contribution in [0.2, 0.25) is 0 Å². The Kier molecular flexibility index (Phi) is 4.29. The van der Waals surface area contributed by atoms with Crippen LogP contribution in [0, 0.1) is 6.92 Å². The van der Waals surface area contributed by atoms with E-state index < -0.39 is 10.2 Å². The van der Waals surface area contributed by atoms with E-state index in [1.54, 1.807) is 6.07 Å². The first kappa shape index (κ1) is 13.8. The second kappa shape index (κ2) is 5.59. The van der Waals surface area contributed by atoms with Gasteiger partial charge in [-0.1, -0.05) is 22.4 Å². The molecule has 18 heavy (non-hydrogen) atoms. The molecule has 0 aromatic heterocycles. The molecule has 2 rings (SSSR count).